The van der Waals surface area contributed by atoms with Gasteiger partial charge >= 0.3 is 0 Å². The van der Waals surface area contributed by atoms with Gasteiger partial charge in [-0.2, -0.15) is 0 Å². The van der Waals surface area contributed by atoms with Crippen LogP contribution in [0.25, 0.3) is 0 Å². The van der Waals surface area contributed by atoms with Crippen LogP contribution in [-0.4, -0.2) is 11.0 Å². The van der Waals surface area contributed by atoms with Gasteiger partial charge in [0.2, 0.25) is 0 Å². The summed E-state index contributed by atoms with van der Waals surface area (Å²) in [6.45, 7) is 2.16. The fraction of sp³-hybridized carbons (Fsp3) is 0.455. The number of aliphatic hydroxyl groups is 1. The lowest BCUT2D eigenvalue weighted by molar-refractivity contribution is 0.280. The zero-order chi connectivity index (χ0) is 9.68. The highest BCUT2D eigenvalue weighted by molar-refractivity contribution is 6.17. The lowest BCUT2D eigenvalue weighted by Crippen LogP contribution is -1.95. The van der Waals surface area contributed by atoms with Gasteiger partial charge < -0.3 is 5.11 Å². The quantitative estimate of drug-likeness (QED) is 0.738. The Labute approximate surface area is 84.4 Å². The number of benzene rings is 1. The van der Waals surface area contributed by atoms with E-state index >= 15 is 0 Å². The van der Waals surface area contributed by atoms with Gasteiger partial charge in [0.05, 0.1) is 6.61 Å². The predicted molar refractivity (Wildman–Crippen MR) is 56.1 cm³/mol. The molecule has 0 saturated heterocycles. The molecule has 0 unspecified atom stereocenters. The maximum Gasteiger partial charge on any atom is 0.0684 e. The van der Waals surface area contributed by atoms with Gasteiger partial charge in [0.25, 0.3) is 0 Å². The summed E-state index contributed by atoms with van der Waals surface area (Å²) in [5, 5.41) is 9.11. The first-order valence-corrected chi connectivity index (χ1v) is 5.06. The Balaban J connectivity index is 2.79. The van der Waals surface area contributed by atoms with Crippen LogP contribution in [0.3, 0.4) is 0 Å². The van der Waals surface area contributed by atoms with Gasteiger partial charge in [0.1, 0.15) is 0 Å². The molecule has 1 nitrogen and oxygen atoms in total. The number of hydrogen-bond donors (Lipinski definition) is 1. The molecule has 0 fully saturated rings. The standard InChI is InChI=1S/C11H15ClO/c1-9-4-5-10(3-2-6-12)11(7-9)8-13/h4-5,7,13H,2-3,6,8H2,1H3. The smallest absolute Gasteiger partial charge is 0.0684 e. The van der Waals surface area contributed by atoms with Crippen molar-refractivity contribution in [3.63, 3.8) is 0 Å². The van der Waals surface area contributed by atoms with Crippen molar-refractivity contribution in [2.75, 3.05) is 5.88 Å². The van der Waals surface area contributed by atoms with Crippen molar-refractivity contribution in [3.8, 4) is 0 Å². The summed E-state index contributed by atoms with van der Waals surface area (Å²) in [6.07, 6.45) is 1.93. The van der Waals surface area contributed by atoms with Crippen LogP contribution < -0.4 is 0 Å². The molecule has 0 radical (unpaired) electrons. The normalized spacial score (nSPS) is 10.4. The Kier molecular flexibility index (Phi) is 4.26. The maximum absolute atomic E-state index is 9.11. The van der Waals surface area contributed by atoms with Gasteiger partial charge in [0.15, 0.2) is 0 Å². The second-order valence-electron chi connectivity index (χ2n) is 3.22. The van der Waals surface area contributed by atoms with Crippen LogP contribution in [0.2, 0.25) is 0 Å². The van der Waals surface area contributed by atoms with Crippen LogP contribution >= 0.6 is 11.6 Å². The highest BCUT2D eigenvalue weighted by Gasteiger charge is 2.00. The van der Waals surface area contributed by atoms with E-state index in [4.69, 9.17) is 16.7 Å². The Morgan fingerprint density at radius 1 is 1.31 bits per heavy atom. The van der Waals surface area contributed by atoms with Crippen molar-refractivity contribution in [1.29, 1.82) is 0 Å². The fourth-order valence-corrected chi connectivity index (χ4v) is 1.54. The van der Waals surface area contributed by atoms with Crippen molar-refractivity contribution < 1.29 is 5.11 Å². The third-order valence-electron chi connectivity index (χ3n) is 2.11. The summed E-state index contributed by atoms with van der Waals surface area (Å²) in [5.41, 5.74) is 3.44. The van der Waals surface area contributed by atoms with Crippen LogP contribution in [0.15, 0.2) is 18.2 Å². The lowest BCUT2D eigenvalue weighted by atomic mass is 10.0. The number of alkyl halides is 1. The third kappa shape index (κ3) is 3.02. The van der Waals surface area contributed by atoms with Crippen LogP contribution in [0.4, 0.5) is 0 Å². The molecule has 1 rings (SSSR count). The van der Waals surface area contributed by atoms with E-state index in [1.165, 1.54) is 11.1 Å². The van der Waals surface area contributed by atoms with Gasteiger partial charge in [-0.3, -0.25) is 0 Å². The summed E-state index contributed by atoms with van der Waals surface area (Å²) in [7, 11) is 0. The maximum atomic E-state index is 9.11. The molecule has 0 aliphatic heterocycles. The molecular formula is C11H15ClO. The van der Waals surface area contributed by atoms with E-state index in [9.17, 15) is 0 Å². The molecular weight excluding hydrogens is 184 g/mol. The first kappa shape index (κ1) is 10.6. The van der Waals surface area contributed by atoms with Crippen molar-refractivity contribution in [2.24, 2.45) is 0 Å². The Hall–Kier alpha value is -0.530. The van der Waals surface area contributed by atoms with Crippen LogP contribution in [0, 0.1) is 6.92 Å². The summed E-state index contributed by atoms with van der Waals surface area (Å²) in [6, 6.07) is 6.18. The fourth-order valence-electron chi connectivity index (χ4n) is 1.40. The molecule has 1 aromatic rings. The Bertz CT molecular complexity index is 271. The highest BCUT2D eigenvalue weighted by Crippen LogP contribution is 2.13. The summed E-state index contributed by atoms with van der Waals surface area (Å²) >= 11 is 5.62. The molecule has 0 aliphatic rings. The minimum Gasteiger partial charge on any atom is -0.392 e. The molecule has 0 spiro atoms. The molecule has 0 amide bonds. The van der Waals surface area contributed by atoms with Crippen LogP contribution in [-0.2, 0) is 13.0 Å². The number of aryl methyl sites for hydroxylation is 2. The van der Waals surface area contributed by atoms with Gasteiger partial charge in [-0.1, -0.05) is 23.8 Å². The summed E-state index contributed by atoms with van der Waals surface area (Å²) in [4.78, 5) is 0. The van der Waals surface area contributed by atoms with Gasteiger partial charge in [-0.25, -0.2) is 0 Å². The number of halogens is 1. The number of rotatable bonds is 4. The topological polar surface area (TPSA) is 20.2 Å². The predicted octanol–water partition coefficient (Wildman–Crippen LogP) is 2.66. The van der Waals surface area contributed by atoms with Crippen LogP contribution in [0.5, 0.6) is 0 Å². The first-order valence-electron chi connectivity index (χ1n) is 4.53. The van der Waals surface area contributed by atoms with Crippen molar-refractivity contribution in [2.45, 2.75) is 26.4 Å². The molecule has 72 valence electrons. The first-order chi connectivity index (χ1) is 6.27. The van der Waals surface area contributed by atoms with Crippen molar-refractivity contribution in [3.05, 3.63) is 34.9 Å². The van der Waals surface area contributed by atoms with Gasteiger partial charge in [0, 0.05) is 5.88 Å². The van der Waals surface area contributed by atoms with E-state index in [2.05, 4.69) is 12.1 Å². The van der Waals surface area contributed by atoms with Crippen LogP contribution in [0.1, 0.15) is 23.1 Å². The number of hydrogen-bond acceptors (Lipinski definition) is 1. The SMILES string of the molecule is Cc1ccc(CCCCl)c(CO)c1. The minimum absolute atomic E-state index is 0.124. The molecule has 0 bridgehead atoms. The monoisotopic (exact) mass is 198 g/mol. The minimum atomic E-state index is 0.124. The highest BCUT2D eigenvalue weighted by atomic mass is 35.5. The molecule has 13 heavy (non-hydrogen) atoms. The van der Waals surface area contributed by atoms with Gasteiger partial charge in [-0.05, 0) is 30.9 Å². The molecule has 1 aromatic carbocycles. The average Bonchev–Trinajstić information content (AvgIpc) is 2.16. The van der Waals surface area contributed by atoms with E-state index in [0.29, 0.717) is 5.88 Å². The molecule has 0 heterocycles. The van der Waals surface area contributed by atoms with Crippen molar-refractivity contribution in [1.82, 2.24) is 0 Å². The van der Waals surface area contributed by atoms with Gasteiger partial charge in [-0.15, -0.1) is 11.6 Å². The summed E-state index contributed by atoms with van der Waals surface area (Å²) < 4.78 is 0. The summed E-state index contributed by atoms with van der Waals surface area (Å²) in [5.74, 6) is 0.679. The van der Waals surface area contributed by atoms with E-state index in [0.717, 1.165) is 18.4 Å². The molecule has 0 aliphatic carbocycles. The zero-order valence-electron chi connectivity index (χ0n) is 7.89. The molecule has 0 atom stereocenters. The number of aliphatic hydroxyl groups excluding tert-OH is 1. The van der Waals surface area contributed by atoms with E-state index in [1.54, 1.807) is 0 Å². The largest absolute Gasteiger partial charge is 0.392 e. The molecule has 0 aromatic heterocycles. The Morgan fingerprint density at radius 3 is 2.69 bits per heavy atom. The van der Waals surface area contributed by atoms with E-state index in [-0.39, 0.29) is 6.61 Å². The zero-order valence-corrected chi connectivity index (χ0v) is 8.64. The second-order valence-corrected chi connectivity index (χ2v) is 3.60. The second kappa shape index (κ2) is 5.25. The molecule has 2 heteroatoms. The lowest BCUT2D eigenvalue weighted by Gasteiger charge is -2.07. The Morgan fingerprint density at radius 2 is 2.08 bits per heavy atom. The van der Waals surface area contributed by atoms with E-state index < -0.39 is 0 Å². The molecule has 1 N–H and O–H groups in total. The average molecular weight is 199 g/mol. The third-order valence-corrected chi connectivity index (χ3v) is 2.38. The molecule has 0 saturated carbocycles. The van der Waals surface area contributed by atoms with E-state index in [1.807, 2.05) is 13.0 Å². The van der Waals surface area contributed by atoms with Crippen molar-refractivity contribution >= 4 is 11.6 Å².